The lowest BCUT2D eigenvalue weighted by Gasteiger charge is -2.18. The fourth-order valence-electron chi connectivity index (χ4n) is 3.39. The molecule has 1 aliphatic heterocycles. The van der Waals surface area contributed by atoms with E-state index in [4.69, 9.17) is 0 Å². The minimum absolute atomic E-state index is 0.00480. The highest BCUT2D eigenvalue weighted by molar-refractivity contribution is 7.93. The molecule has 28 heavy (non-hydrogen) atoms. The number of anilines is 2. The van der Waals surface area contributed by atoms with Crippen molar-refractivity contribution in [2.75, 3.05) is 16.2 Å². The number of nitrogens with one attached hydrogen (secondary N) is 1. The van der Waals surface area contributed by atoms with Crippen LogP contribution in [0.15, 0.2) is 59.5 Å². The third kappa shape index (κ3) is 3.09. The van der Waals surface area contributed by atoms with Crippen LogP contribution < -0.4 is 9.62 Å². The second-order valence-corrected chi connectivity index (χ2v) is 8.32. The van der Waals surface area contributed by atoms with Crippen molar-refractivity contribution in [3.63, 3.8) is 0 Å². The Hall–Kier alpha value is -3.00. The summed E-state index contributed by atoms with van der Waals surface area (Å²) in [4.78, 5) is 12.3. The van der Waals surface area contributed by atoms with E-state index in [1.807, 2.05) is 12.1 Å². The molecule has 4 rings (SSSR count). The van der Waals surface area contributed by atoms with E-state index in [2.05, 4.69) is 5.32 Å². The standard InChI is InChI=1S/C20H16F2N2O3S/c21-14-9-10-16(15(22)12-14)23-19(25)8-3-11-24-17-6-1-4-13-5-2-7-18(20(13)17)28(24,26)27/h1-2,4-7,9-10,12H,3,8,11H2,(H,23,25). The summed E-state index contributed by atoms with van der Waals surface area (Å²) in [5, 5.41) is 3.89. The Morgan fingerprint density at radius 1 is 1.04 bits per heavy atom. The van der Waals surface area contributed by atoms with Gasteiger partial charge in [-0.3, -0.25) is 9.10 Å². The fourth-order valence-corrected chi connectivity index (χ4v) is 5.13. The van der Waals surface area contributed by atoms with Gasteiger partial charge in [0.1, 0.15) is 11.6 Å². The Balaban J connectivity index is 1.46. The lowest BCUT2D eigenvalue weighted by Crippen LogP contribution is -2.29. The molecule has 0 saturated carbocycles. The van der Waals surface area contributed by atoms with Crippen LogP contribution in [-0.2, 0) is 14.8 Å². The normalized spacial score (nSPS) is 14.4. The topological polar surface area (TPSA) is 66.5 Å². The summed E-state index contributed by atoms with van der Waals surface area (Å²) < 4.78 is 53.5. The molecule has 0 radical (unpaired) electrons. The van der Waals surface area contributed by atoms with Crippen molar-refractivity contribution in [2.24, 2.45) is 0 Å². The van der Waals surface area contributed by atoms with Crippen molar-refractivity contribution >= 4 is 38.1 Å². The first-order valence-electron chi connectivity index (χ1n) is 8.67. The highest BCUT2D eigenvalue weighted by Gasteiger charge is 2.35. The SMILES string of the molecule is O=C(CCCN1c2cccc3cccc(c23)S1(=O)=O)Nc1ccc(F)cc1F. The Morgan fingerprint density at radius 3 is 2.54 bits per heavy atom. The Kier molecular flexibility index (Phi) is 4.50. The maximum absolute atomic E-state index is 13.6. The number of carbonyl (C=O) groups excluding carboxylic acids is 1. The van der Waals surface area contributed by atoms with E-state index in [0.717, 1.165) is 17.5 Å². The van der Waals surface area contributed by atoms with Crippen LogP contribution in [0.5, 0.6) is 0 Å². The van der Waals surface area contributed by atoms with Gasteiger partial charge in [-0.05, 0) is 36.1 Å². The number of hydrogen-bond acceptors (Lipinski definition) is 3. The molecule has 0 saturated heterocycles. The zero-order valence-electron chi connectivity index (χ0n) is 14.7. The highest BCUT2D eigenvalue weighted by Crippen LogP contribution is 2.41. The molecule has 1 N–H and O–H groups in total. The van der Waals surface area contributed by atoms with E-state index >= 15 is 0 Å². The summed E-state index contributed by atoms with van der Waals surface area (Å²) >= 11 is 0. The van der Waals surface area contributed by atoms with Gasteiger partial charge in [0.2, 0.25) is 5.91 Å². The summed E-state index contributed by atoms with van der Waals surface area (Å²) in [6.07, 6.45) is 0.243. The summed E-state index contributed by atoms with van der Waals surface area (Å²) in [5.74, 6) is -2.07. The number of halogens is 2. The molecule has 144 valence electrons. The molecule has 0 atom stereocenters. The summed E-state index contributed by atoms with van der Waals surface area (Å²) in [5.41, 5.74) is 0.482. The molecular formula is C20H16F2N2O3S. The zero-order chi connectivity index (χ0) is 19.9. The van der Waals surface area contributed by atoms with Gasteiger partial charge in [-0.2, -0.15) is 0 Å². The van der Waals surface area contributed by atoms with E-state index in [1.165, 1.54) is 4.31 Å². The predicted octanol–water partition coefficient (Wildman–Crippen LogP) is 4.05. The Morgan fingerprint density at radius 2 is 1.79 bits per heavy atom. The van der Waals surface area contributed by atoms with Gasteiger partial charge in [-0.15, -0.1) is 0 Å². The molecule has 0 spiro atoms. The monoisotopic (exact) mass is 402 g/mol. The summed E-state index contributed by atoms with van der Waals surface area (Å²) in [6, 6.07) is 13.4. The van der Waals surface area contributed by atoms with E-state index in [9.17, 15) is 22.0 Å². The highest BCUT2D eigenvalue weighted by atomic mass is 32.2. The van der Waals surface area contributed by atoms with Crippen molar-refractivity contribution in [1.29, 1.82) is 0 Å². The maximum atomic E-state index is 13.6. The van der Waals surface area contributed by atoms with E-state index in [-0.39, 0.29) is 30.0 Å². The van der Waals surface area contributed by atoms with Crippen LogP contribution >= 0.6 is 0 Å². The molecule has 0 fully saturated rings. The zero-order valence-corrected chi connectivity index (χ0v) is 15.5. The largest absolute Gasteiger partial charge is 0.324 e. The molecule has 8 heteroatoms. The van der Waals surface area contributed by atoms with Crippen molar-refractivity contribution in [3.8, 4) is 0 Å². The molecule has 1 aliphatic rings. The first kappa shape index (κ1) is 18.4. The average molecular weight is 402 g/mol. The summed E-state index contributed by atoms with van der Waals surface area (Å²) in [7, 11) is -3.67. The Bertz CT molecular complexity index is 1190. The average Bonchev–Trinajstić information content (AvgIpc) is 2.87. The van der Waals surface area contributed by atoms with Crippen LogP contribution in [0, 0.1) is 11.6 Å². The van der Waals surface area contributed by atoms with Gasteiger partial charge in [-0.25, -0.2) is 17.2 Å². The molecule has 3 aromatic rings. The van der Waals surface area contributed by atoms with Crippen LogP contribution in [0.1, 0.15) is 12.8 Å². The first-order valence-corrected chi connectivity index (χ1v) is 10.1. The third-order valence-electron chi connectivity index (χ3n) is 4.65. The van der Waals surface area contributed by atoms with Gasteiger partial charge in [0.15, 0.2) is 0 Å². The second-order valence-electron chi connectivity index (χ2n) is 6.48. The van der Waals surface area contributed by atoms with Gasteiger partial charge in [0, 0.05) is 24.4 Å². The lowest BCUT2D eigenvalue weighted by atomic mass is 10.1. The molecule has 0 aromatic heterocycles. The van der Waals surface area contributed by atoms with Gasteiger partial charge < -0.3 is 5.32 Å². The molecule has 1 heterocycles. The van der Waals surface area contributed by atoms with Crippen LogP contribution in [0.25, 0.3) is 10.8 Å². The maximum Gasteiger partial charge on any atom is 0.265 e. The fraction of sp³-hybridized carbons (Fsp3) is 0.150. The molecule has 0 unspecified atom stereocenters. The number of carbonyl (C=O) groups is 1. The molecule has 0 aliphatic carbocycles. The van der Waals surface area contributed by atoms with Crippen LogP contribution in [0.4, 0.5) is 20.2 Å². The van der Waals surface area contributed by atoms with Crippen LogP contribution in [0.2, 0.25) is 0 Å². The van der Waals surface area contributed by atoms with Crippen LogP contribution in [0.3, 0.4) is 0 Å². The number of rotatable bonds is 5. The Labute approximate surface area is 160 Å². The number of nitrogens with zero attached hydrogens (tertiary/aromatic N) is 1. The van der Waals surface area contributed by atoms with Gasteiger partial charge >= 0.3 is 0 Å². The molecule has 0 bridgehead atoms. The van der Waals surface area contributed by atoms with Crippen molar-refractivity contribution < 1.29 is 22.0 Å². The van der Waals surface area contributed by atoms with Crippen molar-refractivity contribution in [3.05, 3.63) is 66.2 Å². The van der Waals surface area contributed by atoms with Crippen molar-refractivity contribution in [2.45, 2.75) is 17.7 Å². The molecule has 5 nitrogen and oxygen atoms in total. The predicted molar refractivity (Wildman–Crippen MR) is 103 cm³/mol. The minimum Gasteiger partial charge on any atom is -0.324 e. The third-order valence-corrected chi connectivity index (χ3v) is 6.51. The molecule has 1 amide bonds. The number of amides is 1. The number of sulfonamides is 1. The van der Waals surface area contributed by atoms with Gasteiger partial charge in [-0.1, -0.05) is 24.3 Å². The number of hydrogen-bond donors (Lipinski definition) is 1. The van der Waals surface area contributed by atoms with E-state index in [1.54, 1.807) is 24.3 Å². The van der Waals surface area contributed by atoms with Gasteiger partial charge in [0.25, 0.3) is 10.0 Å². The lowest BCUT2D eigenvalue weighted by molar-refractivity contribution is -0.116. The number of benzene rings is 3. The van der Waals surface area contributed by atoms with E-state index in [0.29, 0.717) is 17.1 Å². The quantitative estimate of drug-likeness (QED) is 0.700. The summed E-state index contributed by atoms with van der Waals surface area (Å²) in [6.45, 7) is 0.120. The minimum atomic E-state index is -3.67. The second kappa shape index (κ2) is 6.87. The van der Waals surface area contributed by atoms with Crippen molar-refractivity contribution in [1.82, 2.24) is 0 Å². The van der Waals surface area contributed by atoms with Gasteiger partial charge in [0.05, 0.1) is 16.3 Å². The molecular weight excluding hydrogens is 386 g/mol. The first-order chi connectivity index (χ1) is 13.4. The molecule has 3 aromatic carbocycles. The smallest absolute Gasteiger partial charge is 0.265 e. The van der Waals surface area contributed by atoms with E-state index < -0.39 is 27.6 Å². The van der Waals surface area contributed by atoms with Crippen LogP contribution in [-0.4, -0.2) is 20.9 Å².